The molecule has 3 rings (SSSR count). The molecule has 2 heterocycles. The van der Waals surface area contributed by atoms with Gasteiger partial charge in [-0.05, 0) is 55.1 Å². The van der Waals surface area contributed by atoms with Gasteiger partial charge in [0.1, 0.15) is 18.2 Å². The van der Waals surface area contributed by atoms with Crippen LogP contribution in [0.25, 0.3) is 5.69 Å². The molecule has 0 bridgehead atoms. The molecule has 0 radical (unpaired) electrons. The lowest BCUT2D eigenvalue weighted by atomic mass is 10.2. The molecular formula is C23H26F3N5O5. The maximum Gasteiger partial charge on any atom is 0.573 e. The van der Waals surface area contributed by atoms with Crippen LogP contribution in [0.5, 0.6) is 11.6 Å². The standard InChI is InChI=1S/C23H26F3N5O5/c1-3-29(4-2)11-12-35-21(33)28-19-13-16(9-10-27-19)14-30-15-20(32)31(22(30)34)17-5-7-18(8-6-17)36-23(24,25)26/h5-10,13,15,32H,3-4,11-12,14H2,1-2H3,(H,27,28,33). The molecule has 0 unspecified atom stereocenters. The van der Waals surface area contributed by atoms with E-state index in [4.69, 9.17) is 4.74 Å². The Kier molecular flexibility index (Phi) is 8.59. The first-order valence-corrected chi connectivity index (χ1v) is 11.1. The van der Waals surface area contributed by atoms with Gasteiger partial charge in [0.15, 0.2) is 0 Å². The van der Waals surface area contributed by atoms with Crippen LogP contribution in [0.2, 0.25) is 0 Å². The average Bonchev–Trinajstić information content (AvgIpc) is 3.09. The number of hydrogen-bond donors (Lipinski definition) is 2. The molecule has 36 heavy (non-hydrogen) atoms. The molecule has 0 spiro atoms. The van der Waals surface area contributed by atoms with Crippen LogP contribution < -0.4 is 15.7 Å². The van der Waals surface area contributed by atoms with Crippen molar-refractivity contribution in [1.82, 2.24) is 19.0 Å². The van der Waals surface area contributed by atoms with Crippen molar-refractivity contribution in [3.05, 3.63) is 64.8 Å². The molecule has 3 aromatic rings. The Morgan fingerprint density at radius 3 is 2.50 bits per heavy atom. The number of aromatic nitrogens is 3. The van der Waals surface area contributed by atoms with Gasteiger partial charge in [0, 0.05) is 12.7 Å². The number of carbonyl (C=O) groups is 1. The Labute approximate surface area is 204 Å². The van der Waals surface area contributed by atoms with Gasteiger partial charge in [0.2, 0.25) is 5.88 Å². The number of nitrogens with zero attached hydrogens (tertiary/aromatic N) is 4. The molecule has 0 fully saturated rings. The zero-order chi connectivity index (χ0) is 26.3. The van der Waals surface area contributed by atoms with Crippen LogP contribution >= 0.6 is 0 Å². The molecule has 194 valence electrons. The third-order valence-corrected chi connectivity index (χ3v) is 5.21. The summed E-state index contributed by atoms with van der Waals surface area (Å²) in [6.07, 6.45) is -2.87. The molecule has 0 atom stereocenters. The van der Waals surface area contributed by atoms with Crippen molar-refractivity contribution >= 4 is 11.9 Å². The number of benzene rings is 1. The molecule has 0 saturated carbocycles. The predicted octanol–water partition coefficient (Wildman–Crippen LogP) is 3.58. The van der Waals surface area contributed by atoms with Crippen molar-refractivity contribution in [2.45, 2.75) is 26.8 Å². The van der Waals surface area contributed by atoms with Gasteiger partial charge >= 0.3 is 18.1 Å². The first kappa shape index (κ1) is 26.6. The fraction of sp³-hybridized carbons (Fsp3) is 0.348. The molecule has 1 aromatic carbocycles. The highest BCUT2D eigenvalue weighted by molar-refractivity contribution is 5.83. The Bertz CT molecular complexity index is 1220. The van der Waals surface area contributed by atoms with E-state index >= 15 is 0 Å². The highest BCUT2D eigenvalue weighted by Gasteiger charge is 2.31. The molecule has 0 aliphatic carbocycles. The SMILES string of the molecule is CCN(CC)CCOC(=O)Nc1cc(Cn2cc(O)n(-c3ccc(OC(F)(F)F)cc3)c2=O)ccn1. The molecule has 0 aliphatic rings. The quantitative estimate of drug-likeness (QED) is 0.430. The van der Waals surface area contributed by atoms with Gasteiger partial charge in [-0.2, -0.15) is 0 Å². The van der Waals surface area contributed by atoms with E-state index in [9.17, 15) is 27.9 Å². The number of anilines is 1. The van der Waals surface area contributed by atoms with Crippen molar-refractivity contribution in [2.24, 2.45) is 0 Å². The number of rotatable bonds is 10. The molecule has 0 saturated heterocycles. The van der Waals surface area contributed by atoms with Crippen molar-refractivity contribution in [1.29, 1.82) is 0 Å². The maximum absolute atomic E-state index is 12.8. The van der Waals surface area contributed by atoms with Gasteiger partial charge < -0.3 is 19.5 Å². The number of ether oxygens (including phenoxy) is 2. The number of carbonyl (C=O) groups excluding carboxylic acids is 1. The second kappa shape index (κ2) is 11.6. The largest absolute Gasteiger partial charge is 0.573 e. The van der Waals surface area contributed by atoms with Crippen molar-refractivity contribution < 1.29 is 32.5 Å². The van der Waals surface area contributed by atoms with Gasteiger partial charge in [-0.25, -0.2) is 19.1 Å². The van der Waals surface area contributed by atoms with Crippen LogP contribution in [0.1, 0.15) is 19.4 Å². The first-order valence-electron chi connectivity index (χ1n) is 11.1. The Morgan fingerprint density at radius 1 is 1.17 bits per heavy atom. The topological polar surface area (TPSA) is 111 Å². The lowest BCUT2D eigenvalue weighted by Crippen LogP contribution is -2.28. The van der Waals surface area contributed by atoms with Crippen LogP contribution in [0.15, 0.2) is 53.6 Å². The van der Waals surface area contributed by atoms with E-state index in [1.54, 1.807) is 12.1 Å². The number of pyridine rings is 1. The first-order chi connectivity index (χ1) is 17.1. The predicted molar refractivity (Wildman–Crippen MR) is 124 cm³/mol. The van der Waals surface area contributed by atoms with Gasteiger partial charge in [0.25, 0.3) is 0 Å². The second-order valence-electron chi connectivity index (χ2n) is 7.61. The Hall–Kier alpha value is -4.00. The zero-order valence-corrected chi connectivity index (χ0v) is 19.7. The number of halogens is 3. The van der Waals surface area contributed by atoms with Gasteiger partial charge in [-0.3, -0.25) is 9.88 Å². The summed E-state index contributed by atoms with van der Waals surface area (Å²) in [5.74, 6) is -0.646. The third-order valence-electron chi connectivity index (χ3n) is 5.21. The molecule has 13 heteroatoms. The maximum atomic E-state index is 12.8. The van der Waals surface area contributed by atoms with Crippen LogP contribution in [0, 0.1) is 0 Å². The summed E-state index contributed by atoms with van der Waals surface area (Å²) in [5.41, 5.74) is 0.117. The molecule has 0 aliphatic heterocycles. The van der Waals surface area contributed by atoms with E-state index in [-0.39, 0.29) is 24.7 Å². The Balaban J connectivity index is 1.67. The lowest BCUT2D eigenvalue weighted by molar-refractivity contribution is -0.274. The van der Waals surface area contributed by atoms with E-state index in [0.717, 1.165) is 29.8 Å². The van der Waals surface area contributed by atoms with Gasteiger partial charge in [0.05, 0.1) is 18.4 Å². The summed E-state index contributed by atoms with van der Waals surface area (Å²) in [7, 11) is 0. The number of hydrogen-bond acceptors (Lipinski definition) is 7. The van der Waals surface area contributed by atoms with Crippen LogP contribution in [0.4, 0.5) is 23.8 Å². The summed E-state index contributed by atoms with van der Waals surface area (Å²) >= 11 is 0. The van der Waals surface area contributed by atoms with Crippen molar-refractivity contribution in [2.75, 3.05) is 31.6 Å². The van der Waals surface area contributed by atoms with Crippen LogP contribution in [0.3, 0.4) is 0 Å². The number of amides is 1. The lowest BCUT2D eigenvalue weighted by Gasteiger charge is -2.17. The number of nitrogens with one attached hydrogen (secondary N) is 1. The van der Waals surface area contributed by atoms with E-state index < -0.39 is 29.8 Å². The van der Waals surface area contributed by atoms with Crippen LogP contribution in [-0.4, -0.2) is 62.8 Å². The summed E-state index contributed by atoms with van der Waals surface area (Å²) in [6.45, 7) is 6.58. The van der Waals surface area contributed by atoms with E-state index in [0.29, 0.717) is 12.1 Å². The number of aromatic hydroxyl groups is 1. The van der Waals surface area contributed by atoms with E-state index in [2.05, 4.69) is 19.9 Å². The molecule has 2 aromatic heterocycles. The minimum absolute atomic E-state index is 0.0306. The summed E-state index contributed by atoms with van der Waals surface area (Å²) in [5, 5.41) is 12.8. The van der Waals surface area contributed by atoms with Crippen LogP contribution in [-0.2, 0) is 11.3 Å². The fourth-order valence-corrected chi connectivity index (χ4v) is 3.42. The average molecular weight is 509 g/mol. The number of likely N-dealkylation sites (N-methyl/N-ethyl adjacent to an activating group) is 1. The van der Waals surface area contributed by atoms with Crippen molar-refractivity contribution in [3.63, 3.8) is 0 Å². The highest BCUT2D eigenvalue weighted by Crippen LogP contribution is 2.24. The van der Waals surface area contributed by atoms with Gasteiger partial charge in [-0.1, -0.05) is 13.8 Å². The summed E-state index contributed by atoms with van der Waals surface area (Å²) in [6, 6.07) is 7.68. The molecular weight excluding hydrogens is 483 g/mol. The van der Waals surface area contributed by atoms with Crippen molar-refractivity contribution in [3.8, 4) is 17.3 Å². The molecule has 1 amide bonds. The Morgan fingerprint density at radius 2 is 1.86 bits per heavy atom. The fourth-order valence-electron chi connectivity index (χ4n) is 3.42. The monoisotopic (exact) mass is 509 g/mol. The minimum Gasteiger partial charge on any atom is -0.493 e. The number of alkyl halides is 3. The van der Waals surface area contributed by atoms with E-state index in [1.807, 2.05) is 13.8 Å². The second-order valence-corrected chi connectivity index (χ2v) is 7.61. The smallest absolute Gasteiger partial charge is 0.493 e. The van der Waals surface area contributed by atoms with Gasteiger partial charge in [-0.15, -0.1) is 13.2 Å². The molecule has 2 N–H and O–H groups in total. The number of imidazole rings is 1. The molecule has 10 nitrogen and oxygen atoms in total. The third kappa shape index (κ3) is 7.25. The summed E-state index contributed by atoms with van der Waals surface area (Å²) < 4.78 is 48.2. The minimum atomic E-state index is -4.84. The highest BCUT2D eigenvalue weighted by atomic mass is 19.4. The summed E-state index contributed by atoms with van der Waals surface area (Å²) in [4.78, 5) is 31.1. The normalized spacial score (nSPS) is 11.5. The zero-order valence-electron chi connectivity index (χ0n) is 19.7. The van der Waals surface area contributed by atoms with E-state index in [1.165, 1.54) is 29.1 Å².